The molecule has 4 heteroatoms. The van der Waals surface area contributed by atoms with Crippen molar-refractivity contribution in [1.29, 1.82) is 0 Å². The third-order valence-corrected chi connectivity index (χ3v) is 4.86. The third kappa shape index (κ3) is 2.91. The van der Waals surface area contributed by atoms with E-state index < -0.39 is 0 Å². The Hall–Kier alpha value is -3.92. The van der Waals surface area contributed by atoms with Gasteiger partial charge in [0.25, 0.3) is 0 Å². The number of aromatic nitrogens is 3. The number of hydrogen-bond donors (Lipinski definition) is 1. The van der Waals surface area contributed by atoms with Crippen LogP contribution in [-0.2, 0) is 0 Å². The van der Waals surface area contributed by atoms with E-state index in [1.807, 2.05) is 30.5 Å². The van der Waals surface area contributed by atoms with Crippen molar-refractivity contribution in [3.05, 3.63) is 97.2 Å². The number of rotatable bonds is 3. The molecule has 0 fully saturated rings. The number of pyridine rings is 1. The first-order valence-electron chi connectivity index (χ1n) is 9.15. The summed E-state index contributed by atoms with van der Waals surface area (Å²) in [5.41, 5.74) is 13.3. The van der Waals surface area contributed by atoms with Crippen molar-refractivity contribution >= 4 is 11.6 Å². The molecule has 0 aliphatic carbocycles. The molecule has 2 aromatic heterocycles. The molecule has 3 aromatic carbocycles. The van der Waals surface area contributed by atoms with Crippen LogP contribution in [0.4, 0.5) is 5.95 Å². The van der Waals surface area contributed by atoms with Crippen LogP contribution in [0.1, 0.15) is 0 Å². The number of nitrogens with zero attached hydrogens (tertiary/aromatic N) is 3. The number of nitrogen functional groups attached to an aromatic ring is 1. The molecule has 134 valence electrons. The molecular weight excluding hydrogens is 344 g/mol. The Labute approximate surface area is 162 Å². The Kier molecular flexibility index (Phi) is 3.87. The minimum Gasteiger partial charge on any atom is -0.366 e. The third-order valence-electron chi connectivity index (χ3n) is 4.86. The molecule has 4 nitrogen and oxygen atoms in total. The van der Waals surface area contributed by atoms with Crippen molar-refractivity contribution < 1.29 is 0 Å². The molecule has 0 bridgehead atoms. The normalized spacial score (nSPS) is 11.0. The van der Waals surface area contributed by atoms with E-state index >= 15 is 0 Å². The molecule has 0 aliphatic rings. The lowest BCUT2D eigenvalue weighted by Gasteiger charge is -2.09. The lowest BCUT2D eigenvalue weighted by atomic mass is 9.99. The average Bonchev–Trinajstić information content (AvgIpc) is 3.14. The molecule has 2 N–H and O–H groups in total. The zero-order valence-corrected chi connectivity index (χ0v) is 15.2. The van der Waals surface area contributed by atoms with E-state index in [0.29, 0.717) is 0 Å². The van der Waals surface area contributed by atoms with Crippen molar-refractivity contribution in [1.82, 2.24) is 14.6 Å². The molecule has 28 heavy (non-hydrogen) atoms. The molecule has 5 aromatic rings. The van der Waals surface area contributed by atoms with Crippen LogP contribution >= 0.6 is 0 Å². The van der Waals surface area contributed by atoms with E-state index in [1.165, 1.54) is 11.1 Å². The first-order chi connectivity index (χ1) is 13.8. The number of benzene rings is 3. The van der Waals surface area contributed by atoms with Gasteiger partial charge in [-0.05, 0) is 28.3 Å². The molecule has 0 aliphatic heterocycles. The minimum atomic E-state index is 0.272. The summed E-state index contributed by atoms with van der Waals surface area (Å²) in [5, 5.41) is 4.33. The maximum atomic E-state index is 5.87. The second kappa shape index (κ2) is 6.67. The predicted molar refractivity (Wildman–Crippen MR) is 114 cm³/mol. The fourth-order valence-corrected chi connectivity index (χ4v) is 3.48. The van der Waals surface area contributed by atoms with Crippen molar-refractivity contribution in [3.63, 3.8) is 0 Å². The molecule has 5 rings (SSSR count). The summed E-state index contributed by atoms with van der Waals surface area (Å²) in [6.07, 6.45) is 1.97. The average molecular weight is 362 g/mol. The molecular formula is C24H18N4. The fraction of sp³-hybridized carbons (Fsp3) is 0. The summed E-state index contributed by atoms with van der Waals surface area (Å²) in [6, 6.07) is 31.3. The maximum absolute atomic E-state index is 5.87. The van der Waals surface area contributed by atoms with E-state index in [1.54, 1.807) is 4.52 Å². The Balaban J connectivity index is 1.63. The van der Waals surface area contributed by atoms with E-state index in [-0.39, 0.29) is 5.95 Å². The van der Waals surface area contributed by atoms with Gasteiger partial charge in [0.2, 0.25) is 5.95 Å². The summed E-state index contributed by atoms with van der Waals surface area (Å²) < 4.78 is 1.76. The van der Waals surface area contributed by atoms with Crippen molar-refractivity contribution in [2.75, 3.05) is 5.73 Å². The van der Waals surface area contributed by atoms with E-state index in [0.717, 1.165) is 27.9 Å². The number of fused-ring (bicyclic) bond motifs is 1. The standard InChI is InChI=1S/C24H18N4/c25-24-26-23-22(20-9-5-2-6-10-20)15-21(16-28(23)27-24)19-13-11-18(12-14-19)17-7-3-1-4-8-17/h1-16H,(H2,25,27). The van der Waals surface area contributed by atoms with Crippen molar-refractivity contribution in [2.24, 2.45) is 0 Å². The summed E-state index contributed by atoms with van der Waals surface area (Å²) in [6.45, 7) is 0. The van der Waals surface area contributed by atoms with Crippen molar-refractivity contribution in [2.45, 2.75) is 0 Å². The predicted octanol–water partition coefficient (Wildman–Crippen LogP) is 5.31. The minimum absolute atomic E-state index is 0.272. The number of anilines is 1. The van der Waals surface area contributed by atoms with Gasteiger partial charge in [0, 0.05) is 17.3 Å². The van der Waals surface area contributed by atoms with Gasteiger partial charge in [-0.25, -0.2) is 4.52 Å². The van der Waals surface area contributed by atoms with Gasteiger partial charge in [0.1, 0.15) is 0 Å². The van der Waals surface area contributed by atoms with Gasteiger partial charge in [-0.2, -0.15) is 4.98 Å². The van der Waals surface area contributed by atoms with Crippen LogP contribution < -0.4 is 5.73 Å². The molecule has 2 heterocycles. The second-order valence-corrected chi connectivity index (χ2v) is 6.69. The van der Waals surface area contributed by atoms with Gasteiger partial charge in [-0.3, -0.25) is 0 Å². The maximum Gasteiger partial charge on any atom is 0.240 e. The van der Waals surface area contributed by atoms with Crippen LogP contribution in [0.2, 0.25) is 0 Å². The molecule has 0 saturated carbocycles. The van der Waals surface area contributed by atoms with Crippen LogP contribution in [0.3, 0.4) is 0 Å². The molecule has 0 unspecified atom stereocenters. The lowest BCUT2D eigenvalue weighted by molar-refractivity contribution is 0.970. The van der Waals surface area contributed by atoms with Gasteiger partial charge in [0.15, 0.2) is 5.65 Å². The largest absolute Gasteiger partial charge is 0.366 e. The highest BCUT2D eigenvalue weighted by Crippen LogP contribution is 2.31. The van der Waals surface area contributed by atoms with Gasteiger partial charge >= 0.3 is 0 Å². The summed E-state index contributed by atoms with van der Waals surface area (Å²) >= 11 is 0. The highest BCUT2D eigenvalue weighted by molar-refractivity contribution is 5.83. The van der Waals surface area contributed by atoms with Crippen LogP contribution in [-0.4, -0.2) is 14.6 Å². The first-order valence-corrected chi connectivity index (χ1v) is 9.15. The van der Waals surface area contributed by atoms with E-state index in [9.17, 15) is 0 Å². The molecule has 0 radical (unpaired) electrons. The molecule has 0 spiro atoms. The van der Waals surface area contributed by atoms with Crippen molar-refractivity contribution in [3.8, 4) is 33.4 Å². The monoisotopic (exact) mass is 362 g/mol. The van der Waals surface area contributed by atoms with Crippen LogP contribution in [0.5, 0.6) is 0 Å². The topological polar surface area (TPSA) is 56.2 Å². The SMILES string of the molecule is Nc1nc2c(-c3ccccc3)cc(-c3ccc(-c4ccccc4)cc3)cn2n1. The van der Waals surface area contributed by atoms with Gasteiger partial charge in [-0.15, -0.1) is 5.10 Å². The summed E-state index contributed by atoms with van der Waals surface area (Å²) in [5.74, 6) is 0.272. The Morgan fingerprint density at radius 3 is 1.79 bits per heavy atom. The highest BCUT2D eigenvalue weighted by atomic mass is 15.3. The second-order valence-electron chi connectivity index (χ2n) is 6.69. The number of hydrogen-bond acceptors (Lipinski definition) is 3. The van der Waals surface area contributed by atoms with Gasteiger partial charge in [-0.1, -0.05) is 84.9 Å². The van der Waals surface area contributed by atoms with Crippen LogP contribution in [0.25, 0.3) is 39.0 Å². The molecule has 0 atom stereocenters. The van der Waals surface area contributed by atoms with Gasteiger partial charge in [0.05, 0.1) is 0 Å². The Bertz CT molecular complexity index is 1240. The van der Waals surface area contributed by atoms with E-state index in [4.69, 9.17) is 5.73 Å². The summed E-state index contributed by atoms with van der Waals surface area (Å²) in [4.78, 5) is 4.41. The van der Waals surface area contributed by atoms with E-state index in [2.05, 4.69) is 76.8 Å². The van der Waals surface area contributed by atoms with Crippen LogP contribution in [0.15, 0.2) is 97.2 Å². The quantitative estimate of drug-likeness (QED) is 0.473. The van der Waals surface area contributed by atoms with Gasteiger partial charge < -0.3 is 5.73 Å². The molecule has 0 amide bonds. The zero-order valence-electron chi connectivity index (χ0n) is 15.2. The molecule has 0 saturated heterocycles. The Morgan fingerprint density at radius 1 is 0.607 bits per heavy atom. The van der Waals surface area contributed by atoms with Crippen LogP contribution in [0, 0.1) is 0 Å². The number of nitrogens with two attached hydrogens (primary N) is 1. The smallest absolute Gasteiger partial charge is 0.240 e. The fourth-order valence-electron chi connectivity index (χ4n) is 3.48. The highest BCUT2D eigenvalue weighted by Gasteiger charge is 2.12. The summed E-state index contributed by atoms with van der Waals surface area (Å²) in [7, 11) is 0. The zero-order chi connectivity index (χ0) is 18.9. The lowest BCUT2D eigenvalue weighted by Crippen LogP contribution is -1.93. The Morgan fingerprint density at radius 2 is 1.14 bits per heavy atom. The first kappa shape index (κ1) is 16.3.